The molecule has 1 aromatic carbocycles. The van der Waals surface area contributed by atoms with Gasteiger partial charge in [0, 0.05) is 37.1 Å². The molecule has 2 N–H and O–H groups in total. The Balaban J connectivity index is 1.64. The minimum Gasteiger partial charge on any atom is -0.340 e. The fourth-order valence-corrected chi connectivity index (χ4v) is 3.73. The highest BCUT2D eigenvalue weighted by molar-refractivity contribution is 5.98. The van der Waals surface area contributed by atoms with Gasteiger partial charge >= 0.3 is 0 Å². The minimum atomic E-state index is -0.283. The summed E-state index contributed by atoms with van der Waals surface area (Å²) in [5, 5.41) is 0.757. The Hall–Kier alpha value is -1.88. The SMILES string of the molecule is Cn1c(C(=O)N2CC(N)C(C3CC3)C2)cc2cc(F)ccc21. The van der Waals surface area contributed by atoms with Gasteiger partial charge in [-0.3, -0.25) is 4.79 Å². The van der Waals surface area contributed by atoms with Gasteiger partial charge in [-0.05, 0) is 48.9 Å². The van der Waals surface area contributed by atoms with Crippen LogP contribution in [0.3, 0.4) is 0 Å². The molecule has 1 aromatic heterocycles. The van der Waals surface area contributed by atoms with Gasteiger partial charge in [-0.15, -0.1) is 0 Å². The number of carbonyl (C=O) groups excluding carboxylic acids is 1. The summed E-state index contributed by atoms with van der Waals surface area (Å²) in [6.07, 6.45) is 2.49. The highest BCUT2D eigenvalue weighted by atomic mass is 19.1. The fraction of sp³-hybridized carbons (Fsp3) is 0.471. The van der Waals surface area contributed by atoms with Crippen molar-refractivity contribution in [2.24, 2.45) is 24.6 Å². The molecule has 0 spiro atoms. The van der Waals surface area contributed by atoms with Gasteiger partial charge in [0.25, 0.3) is 5.91 Å². The molecule has 2 heterocycles. The van der Waals surface area contributed by atoms with Crippen LogP contribution < -0.4 is 5.73 Å². The van der Waals surface area contributed by atoms with E-state index in [0.717, 1.165) is 17.4 Å². The predicted octanol–water partition coefficient (Wildman–Crippen LogP) is 2.13. The molecule has 4 nitrogen and oxygen atoms in total. The Morgan fingerprint density at radius 1 is 1.27 bits per heavy atom. The molecule has 1 aliphatic carbocycles. The number of hydrogen-bond donors (Lipinski definition) is 1. The summed E-state index contributed by atoms with van der Waals surface area (Å²) >= 11 is 0. The zero-order valence-corrected chi connectivity index (χ0v) is 12.6. The third kappa shape index (κ3) is 2.11. The molecule has 0 radical (unpaired) electrons. The van der Waals surface area contributed by atoms with E-state index in [4.69, 9.17) is 5.73 Å². The molecule has 116 valence electrons. The lowest BCUT2D eigenvalue weighted by Crippen LogP contribution is -2.33. The van der Waals surface area contributed by atoms with Crippen LogP contribution >= 0.6 is 0 Å². The highest BCUT2D eigenvalue weighted by Gasteiger charge is 2.42. The number of benzene rings is 1. The average molecular weight is 301 g/mol. The number of nitrogens with zero attached hydrogens (tertiary/aromatic N) is 2. The fourth-order valence-electron chi connectivity index (χ4n) is 3.73. The summed E-state index contributed by atoms with van der Waals surface area (Å²) in [4.78, 5) is 14.7. The third-order valence-electron chi connectivity index (χ3n) is 5.15. The van der Waals surface area contributed by atoms with E-state index in [1.807, 2.05) is 16.5 Å². The number of likely N-dealkylation sites (tertiary alicyclic amines) is 1. The molecule has 1 saturated heterocycles. The van der Waals surface area contributed by atoms with Crippen LogP contribution in [0.2, 0.25) is 0 Å². The molecule has 2 aliphatic rings. The van der Waals surface area contributed by atoms with Gasteiger partial charge < -0.3 is 15.2 Å². The van der Waals surface area contributed by atoms with Crippen molar-refractivity contribution in [1.29, 1.82) is 0 Å². The number of halogens is 1. The molecular formula is C17H20FN3O. The summed E-state index contributed by atoms with van der Waals surface area (Å²) < 4.78 is 15.2. The van der Waals surface area contributed by atoms with E-state index in [1.54, 1.807) is 12.1 Å². The maximum Gasteiger partial charge on any atom is 0.270 e. The molecule has 4 rings (SSSR count). The number of carbonyl (C=O) groups is 1. The average Bonchev–Trinajstić information content (AvgIpc) is 3.18. The topological polar surface area (TPSA) is 51.3 Å². The Bertz CT molecular complexity index is 750. The molecule has 1 aliphatic heterocycles. The van der Waals surface area contributed by atoms with E-state index in [-0.39, 0.29) is 17.8 Å². The smallest absolute Gasteiger partial charge is 0.270 e. The van der Waals surface area contributed by atoms with Gasteiger partial charge in [-0.25, -0.2) is 4.39 Å². The number of nitrogens with two attached hydrogens (primary N) is 1. The normalized spacial score (nSPS) is 25.1. The van der Waals surface area contributed by atoms with Crippen molar-refractivity contribution in [2.45, 2.75) is 18.9 Å². The number of hydrogen-bond acceptors (Lipinski definition) is 2. The van der Waals surface area contributed by atoms with Gasteiger partial charge in [-0.2, -0.15) is 0 Å². The summed E-state index contributed by atoms with van der Waals surface area (Å²) in [6.45, 7) is 1.37. The van der Waals surface area contributed by atoms with Crippen LogP contribution in [0.5, 0.6) is 0 Å². The molecule has 1 saturated carbocycles. The van der Waals surface area contributed by atoms with Crippen LogP contribution in [0.15, 0.2) is 24.3 Å². The van der Waals surface area contributed by atoms with Crippen molar-refractivity contribution in [2.75, 3.05) is 13.1 Å². The van der Waals surface area contributed by atoms with Crippen molar-refractivity contribution in [1.82, 2.24) is 9.47 Å². The van der Waals surface area contributed by atoms with E-state index < -0.39 is 0 Å². The first-order valence-corrected chi connectivity index (χ1v) is 7.84. The Morgan fingerprint density at radius 3 is 2.77 bits per heavy atom. The maximum atomic E-state index is 13.4. The van der Waals surface area contributed by atoms with Crippen LogP contribution in [0.1, 0.15) is 23.3 Å². The first-order valence-electron chi connectivity index (χ1n) is 7.84. The van der Waals surface area contributed by atoms with E-state index in [0.29, 0.717) is 24.1 Å². The molecule has 2 unspecified atom stereocenters. The molecule has 1 amide bonds. The van der Waals surface area contributed by atoms with Crippen LogP contribution in [0.25, 0.3) is 10.9 Å². The van der Waals surface area contributed by atoms with Crippen LogP contribution in [0.4, 0.5) is 4.39 Å². The second-order valence-electron chi connectivity index (χ2n) is 6.67. The van der Waals surface area contributed by atoms with Gasteiger partial charge in [0.1, 0.15) is 11.5 Å². The van der Waals surface area contributed by atoms with E-state index in [9.17, 15) is 9.18 Å². The van der Waals surface area contributed by atoms with Gasteiger partial charge in [0.2, 0.25) is 0 Å². The van der Waals surface area contributed by atoms with E-state index in [2.05, 4.69) is 0 Å². The summed E-state index contributed by atoms with van der Waals surface area (Å²) in [5.41, 5.74) is 7.68. The largest absolute Gasteiger partial charge is 0.340 e. The number of amides is 1. The van der Waals surface area contributed by atoms with Crippen molar-refractivity contribution in [3.8, 4) is 0 Å². The minimum absolute atomic E-state index is 0.00212. The van der Waals surface area contributed by atoms with E-state index in [1.165, 1.54) is 25.0 Å². The number of aromatic nitrogens is 1. The van der Waals surface area contributed by atoms with Gasteiger partial charge in [0.05, 0.1) is 0 Å². The number of aryl methyl sites for hydroxylation is 1. The quantitative estimate of drug-likeness (QED) is 0.924. The maximum absolute atomic E-state index is 13.4. The zero-order chi connectivity index (χ0) is 15.4. The van der Waals surface area contributed by atoms with Crippen molar-refractivity contribution in [3.63, 3.8) is 0 Å². The second kappa shape index (κ2) is 4.81. The standard InChI is InChI=1S/C17H20FN3O/c1-20-15-5-4-12(18)6-11(15)7-16(20)17(22)21-8-13(10-2-3-10)14(19)9-21/h4-7,10,13-14H,2-3,8-9,19H2,1H3. The molecule has 22 heavy (non-hydrogen) atoms. The van der Waals surface area contributed by atoms with Crippen molar-refractivity contribution >= 4 is 16.8 Å². The lowest BCUT2D eigenvalue weighted by Gasteiger charge is -2.16. The Morgan fingerprint density at radius 2 is 2.05 bits per heavy atom. The molecule has 2 aromatic rings. The van der Waals surface area contributed by atoms with Crippen LogP contribution in [0, 0.1) is 17.7 Å². The first kappa shape index (κ1) is 13.8. The van der Waals surface area contributed by atoms with Gasteiger partial charge in [0.15, 0.2) is 0 Å². The number of fused-ring (bicyclic) bond motifs is 1. The lowest BCUT2D eigenvalue weighted by molar-refractivity contribution is 0.0776. The summed E-state index contributed by atoms with van der Waals surface area (Å²) in [5.74, 6) is 0.859. The first-order chi connectivity index (χ1) is 10.5. The molecular weight excluding hydrogens is 281 g/mol. The molecule has 5 heteroatoms. The highest BCUT2D eigenvalue weighted by Crippen LogP contribution is 2.41. The van der Waals surface area contributed by atoms with E-state index >= 15 is 0 Å². The molecule has 0 bridgehead atoms. The molecule has 2 atom stereocenters. The second-order valence-corrected chi connectivity index (χ2v) is 6.67. The van der Waals surface area contributed by atoms with Crippen LogP contribution in [-0.4, -0.2) is 34.5 Å². The van der Waals surface area contributed by atoms with Gasteiger partial charge in [-0.1, -0.05) is 0 Å². The van der Waals surface area contributed by atoms with Crippen molar-refractivity contribution < 1.29 is 9.18 Å². The Kier molecular flexibility index (Phi) is 3.01. The zero-order valence-electron chi connectivity index (χ0n) is 12.6. The third-order valence-corrected chi connectivity index (χ3v) is 5.15. The monoisotopic (exact) mass is 301 g/mol. The lowest BCUT2D eigenvalue weighted by atomic mass is 9.99. The summed E-state index contributed by atoms with van der Waals surface area (Å²) in [6, 6.07) is 6.46. The Labute approximate surface area is 128 Å². The molecule has 2 fully saturated rings. The number of rotatable bonds is 2. The van der Waals surface area contributed by atoms with Crippen LogP contribution in [-0.2, 0) is 7.05 Å². The summed E-state index contributed by atoms with van der Waals surface area (Å²) in [7, 11) is 1.85. The predicted molar refractivity (Wildman–Crippen MR) is 83.0 cm³/mol. The van der Waals surface area contributed by atoms with Crippen molar-refractivity contribution in [3.05, 3.63) is 35.8 Å².